The lowest BCUT2D eigenvalue weighted by atomic mass is 9.83. The van der Waals surface area contributed by atoms with Gasteiger partial charge in [0, 0.05) is 18.1 Å². The Morgan fingerprint density at radius 1 is 1.12 bits per heavy atom. The Morgan fingerprint density at radius 3 is 2.31 bits per heavy atom. The first-order valence-corrected chi connectivity index (χ1v) is 5.75. The average molecular weight is 216 g/mol. The number of rotatable bonds is 0. The Morgan fingerprint density at radius 2 is 1.75 bits per heavy atom. The fraction of sp³-hybridized carbons (Fsp3) is 0.500. The Kier molecular flexibility index (Phi) is 2.33. The molecule has 16 heavy (non-hydrogen) atoms. The zero-order valence-electron chi connectivity index (χ0n) is 11.0. The smallest absolute Gasteiger partial charge is 0.0928 e. The SMILES string of the molecule is Cc1cc2nn(C)c(C)c2cc1C(C)(C)C. The molecule has 0 fully saturated rings. The molecular weight excluding hydrogens is 196 g/mol. The van der Waals surface area contributed by atoms with Crippen molar-refractivity contribution >= 4 is 10.9 Å². The van der Waals surface area contributed by atoms with Gasteiger partial charge < -0.3 is 0 Å². The summed E-state index contributed by atoms with van der Waals surface area (Å²) in [6, 6.07) is 4.50. The monoisotopic (exact) mass is 216 g/mol. The summed E-state index contributed by atoms with van der Waals surface area (Å²) in [7, 11) is 2.00. The van der Waals surface area contributed by atoms with E-state index in [1.807, 2.05) is 11.7 Å². The van der Waals surface area contributed by atoms with Crippen molar-refractivity contribution in [1.29, 1.82) is 0 Å². The first kappa shape index (κ1) is 11.2. The molecule has 0 atom stereocenters. The van der Waals surface area contributed by atoms with Gasteiger partial charge in [-0.05, 0) is 42.5 Å². The van der Waals surface area contributed by atoms with Gasteiger partial charge in [-0.25, -0.2) is 0 Å². The molecule has 0 N–H and O–H groups in total. The molecule has 86 valence electrons. The van der Waals surface area contributed by atoms with E-state index in [9.17, 15) is 0 Å². The Bertz CT molecular complexity index is 542. The van der Waals surface area contributed by atoms with Gasteiger partial charge in [0.2, 0.25) is 0 Å². The predicted molar refractivity (Wildman–Crippen MR) is 68.9 cm³/mol. The minimum atomic E-state index is 0.195. The number of aromatic nitrogens is 2. The second-order valence-corrected chi connectivity index (χ2v) is 5.64. The summed E-state index contributed by atoms with van der Waals surface area (Å²) in [5.41, 5.74) is 5.28. The van der Waals surface area contributed by atoms with E-state index in [0.29, 0.717) is 0 Å². The fourth-order valence-corrected chi connectivity index (χ4v) is 2.28. The van der Waals surface area contributed by atoms with Crippen LogP contribution in [0, 0.1) is 13.8 Å². The molecule has 0 unspecified atom stereocenters. The van der Waals surface area contributed by atoms with Crippen molar-refractivity contribution in [1.82, 2.24) is 9.78 Å². The van der Waals surface area contributed by atoms with Crippen LogP contribution >= 0.6 is 0 Å². The van der Waals surface area contributed by atoms with Gasteiger partial charge in [0.1, 0.15) is 0 Å². The maximum absolute atomic E-state index is 4.51. The van der Waals surface area contributed by atoms with Crippen molar-refractivity contribution < 1.29 is 0 Å². The largest absolute Gasteiger partial charge is 0.272 e. The van der Waals surface area contributed by atoms with Crippen molar-refractivity contribution in [3.05, 3.63) is 29.0 Å². The molecule has 1 heterocycles. The van der Waals surface area contributed by atoms with E-state index < -0.39 is 0 Å². The second kappa shape index (κ2) is 3.34. The lowest BCUT2D eigenvalue weighted by Gasteiger charge is -2.21. The van der Waals surface area contributed by atoms with Crippen molar-refractivity contribution in [2.24, 2.45) is 7.05 Å². The number of fused-ring (bicyclic) bond motifs is 1. The van der Waals surface area contributed by atoms with Crippen LogP contribution < -0.4 is 0 Å². The van der Waals surface area contributed by atoms with E-state index in [4.69, 9.17) is 0 Å². The van der Waals surface area contributed by atoms with Crippen LogP contribution in [0.15, 0.2) is 12.1 Å². The van der Waals surface area contributed by atoms with Crippen LogP contribution in [0.5, 0.6) is 0 Å². The number of nitrogens with zero attached hydrogens (tertiary/aromatic N) is 2. The highest BCUT2D eigenvalue weighted by atomic mass is 15.3. The van der Waals surface area contributed by atoms with E-state index in [1.165, 1.54) is 22.2 Å². The maximum atomic E-state index is 4.51. The van der Waals surface area contributed by atoms with Crippen LogP contribution in [0.2, 0.25) is 0 Å². The summed E-state index contributed by atoms with van der Waals surface area (Å²) < 4.78 is 1.95. The van der Waals surface area contributed by atoms with E-state index in [1.54, 1.807) is 0 Å². The van der Waals surface area contributed by atoms with E-state index in [-0.39, 0.29) is 5.41 Å². The number of benzene rings is 1. The molecule has 2 heteroatoms. The maximum Gasteiger partial charge on any atom is 0.0928 e. The normalized spacial score (nSPS) is 12.4. The molecule has 1 aromatic heterocycles. The molecule has 0 saturated heterocycles. The van der Waals surface area contributed by atoms with E-state index >= 15 is 0 Å². The minimum Gasteiger partial charge on any atom is -0.272 e. The predicted octanol–water partition coefficient (Wildman–Crippen LogP) is 3.49. The topological polar surface area (TPSA) is 17.8 Å². The van der Waals surface area contributed by atoms with Crippen LogP contribution in [-0.4, -0.2) is 9.78 Å². The summed E-state index contributed by atoms with van der Waals surface area (Å²) in [6.07, 6.45) is 0. The van der Waals surface area contributed by atoms with Crippen LogP contribution in [0.1, 0.15) is 37.6 Å². The molecule has 0 aliphatic heterocycles. The molecule has 0 radical (unpaired) electrons. The van der Waals surface area contributed by atoms with Gasteiger partial charge in [0.05, 0.1) is 5.52 Å². The zero-order chi connectivity index (χ0) is 12.1. The fourth-order valence-electron chi connectivity index (χ4n) is 2.28. The highest BCUT2D eigenvalue weighted by Crippen LogP contribution is 2.30. The van der Waals surface area contributed by atoms with Gasteiger partial charge in [0.15, 0.2) is 0 Å². The molecule has 0 bridgehead atoms. The van der Waals surface area contributed by atoms with Crippen molar-refractivity contribution in [2.45, 2.75) is 40.0 Å². The van der Waals surface area contributed by atoms with Gasteiger partial charge in [-0.2, -0.15) is 5.10 Å². The lowest BCUT2D eigenvalue weighted by Crippen LogP contribution is -2.12. The molecule has 0 aliphatic rings. The summed E-state index contributed by atoms with van der Waals surface area (Å²) in [5, 5.41) is 5.79. The summed E-state index contributed by atoms with van der Waals surface area (Å²) >= 11 is 0. The molecule has 2 nitrogen and oxygen atoms in total. The summed E-state index contributed by atoms with van der Waals surface area (Å²) in [4.78, 5) is 0. The van der Waals surface area contributed by atoms with Gasteiger partial charge in [-0.15, -0.1) is 0 Å². The van der Waals surface area contributed by atoms with Gasteiger partial charge >= 0.3 is 0 Å². The van der Waals surface area contributed by atoms with E-state index in [2.05, 4.69) is 51.9 Å². The first-order valence-electron chi connectivity index (χ1n) is 5.75. The summed E-state index contributed by atoms with van der Waals surface area (Å²) in [5.74, 6) is 0. The summed E-state index contributed by atoms with van der Waals surface area (Å²) in [6.45, 7) is 11.1. The lowest BCUT2D eigenvalue weighted by molar-refractivity contribution is 0.587. The molecule has 2 aromatic rings. The molecule has 0 saturated carbocycles. The van der Waals surface area contributed by atoms with Crippen molar-refractivity contribution in [3.63, 3.8) is 0 Å². The van der Waals surface area contributed by atoms with Gasteiger partial charge in [-0.3, -0.25) is 4.68 Å². The zero-order valence-corrected chi connectivity index (χ0v) is 11.0. The number of hydrogen-bond donors (Lipinski definition) is 0. The molecule has 0 amide bonds. The van der Waals surface area contributed by atoms with Gasteiger partial charge in [-0.1, -0.05) is 20.8 Å². The van der Waals surface area contributed by atoms with Crippen LogP contribution in [0.25, 0.3) is 10.9 Å². The average Bonchev–Trinajstić information content (AvgIpc) is 2.39. The number of aryl methyl sites for hydroxylation is 3. The van der Waals surface area contributed by atoms with Crippen molar-refractivity contribution in [2.75, 3.05) is 0 Å². The molecule has 0 aliphatic carbocycles. The standard InChI is InChI=1S/C14H20N2/c1-9-7-13-11(10(2)16(6)15-13)8-12(9)14(3,4)5/h7-8H,1-6H3. The van der Waals surface area contributed by atoms with Crippen molar-refractivity contribution in [3.8, 4) is 0 Å². The Labute approximate surface area is 97.3 Å². The second-order valence-electron chi connectivity index (χ2n) is 5.64. The first-order chi connectivity index (χ1) is 7.30. The third-order valence-electron chi connectivity index (χ3n) is 3.28. The Balaban J connectivity index is 2.79. The Hall–Kier alpha value is -1.31. The highest BCUT2D eigenvalue weighted by molar-refractivity contribution is 5.83. The molecular formula is C14H20N2. The van der Waals surface area contributed by atoms with Crippen LogP contribution in [-0.2, 0) is 12.5 Å². The molecule has 1 aromatic carbocycles. The molecule has 0 spiro atoms. The van der Waals surface area contributed by atoms with Gasteiger partial charge in [0.25, 0.3) is 0 Å². The highest BCUT2D eigenvalue weighted by Gasteiger charge is 2.18. The minimum absolute atomic E-state index is 0.195. The van der Waals surface area contributed by atoms with Crippen LogP contribution in [0.3, 0.4) is 0 Å². The number of hydrogen-bond acceptors (Lipinski definition) is 1. The molecule has 2 rings (SSSR count). The third-order valence-corrected chi connectivity index (χ3v) is 3.28. The quantitative estimate of drug-likeness (QED) is 0.659. The van der Waals surface area contributed by atoms with Crippen LogP contribution in [0.4, 0.5) is 0 Å². The third kappa shape index (κ3) is 1.62. The van der Waals surface area contributed by atoms with E-state index in [0.717, 1.165) is 5.52 Å².